The number of carbonyl (C=O) groups excluding carboxylic acids is 2. The molecule has 0 aromatic carbocycles. The monoisotopic (exact) mass is 435 g/mol. The van der Waals surface area contributed by atoms with Gasteiger partial charge in [0.2, 0.25) is 5.78 Å². The zero-order valence-corrected chi connectivity index (χ0v) is 19.1. The van der Waals surface area contributed by atoms with E-state index in [1.807, 2.05) is 0 Å². The molecule has 166 valence electrons. The quantitative estimate of drug-likeness (QED) is 0.375. The molecule has 6 nitrogen and oxygen atoms in total. The van der Waals surface area contributed by atoms with Crippen LogP contribution in [0.3, 0.4) is 0 Å². The van der Waals surface area contributed by atoms with Crippen molar-refractivity contribution in [1.29, 1.82) is 0 Å². The van der Waals surface area contributed by atoms with Crippen LogP contribution in [0.25, 0.3) is 0 Å². The van der Waals surface area contributed by atoms with Crippen molar-refractivity contribution in [3.8, 4) is 0 Å². The van der Waals surface area contributed by atoms with E-state index in [0.29, 0.717) is 23.8 Å². The highest BCUT2D eigenvalue weighted by atomic mass is 32.2. The van der Waals surface area contributed by atoms with Gasteiger partial charge >= 0.3 is 0 Å². The van der Waals surface area contributed by atoms with Gasteiger partial charge in [0.05, 0.1) is 11.4 Å². The van der Waals surface area contributed by atoms with Crippen molar-refractivity contribution >= 4 is 21.7 Å². The normalized spacial score (nSPS) is 34.6. The zero-order chi connectivity index (χ0) is 22.3. The molecule has 3 rings (SSSR count). The maximum absolute atomic E-state index is 13.1. The summed E-state index contributed by atoms with van der Waals surface area (Å²) in [7, 11) is -4.14. The van der Waals surface area contributed by atoms with Crippen molar-refractivity contribution < 1.29 is 22.6 Å². The Labute approximate surface area is 179 Å². The molecular weight excluding hydrogens is 402 g/mol. The first-order valence-corrected chi connectivity index (χ1v) is 12.3. The summed E-state index contributed by atoms with van der Waals surface area (Å²) in [6.07, 6.45) is 9.88. The predicted molar refractivity (Wildman–Crippen MR) is 116 cm³/mol. The molecule has 4 unspecified atom stereocenters. The first-order chi connectivity index (χ1) is 13.9. The Morgan fingerprint density at radius 3 is 2.57 bits per heavy atom. The van der Waals surface area contributed by atoms with Crippen molar-refractivity contribution in [2.75, 3.05) is 12.3 Å². The molecule has 0 saturated heterocycles. The van der Waals surface area contributed by atoms with Gasteiger partial charge in [-0.1, -0.05) is 32.4 Å². The molecule has 3 aliphatic carbocycles. The average Bonchev–Trinajstić information content (AvgIpc) is 2.63. The van der Waals surface area contributed by atoms with Crippen LogP contribution in [0, 0.1) is 22.7 Å². The molecule has 0 spiro atoms. The molecule has 4 atom stereocenters. The highest BCUT2D eigenvalue weighted by Gasteiger charge is 2.53. The van der Waals surface area contributed by atoms with E-state index in [4.69, 9.17) is 4.55 Å². The maximum Gasteiger partial charge on any atom is 0.266 e. The third kappa shape index (κ3) is 4.33. The molecule has 0 heterocycles. The summed E-state index contributed by atoms with van der Waals surface area (Å²) in [6.45, 7) is 8.95. The lowest BCUT2D eigenvalue weighted by Gasteiger charge is -2.58. The molecule has 0 bridgehead atoms. The number of hydrogen-bond acceptors (Lipinski definition) is 5. The standard InChI is InChI=1S/C23H33NO5S/c1-15-6-5-7-20-22(15,3)9-8-16(2)23(20,4)14-17-12-18(25)13-19(21(17)26)24-10-11-30(27,28)29/h6,12-13,16,20,24H,5,7-11,14H2,1-4H3,(H,27,28,29). The van der Waals surface area contributed by atoms with Crippen LogP contribution in [-0.2, 0) is 19.7 Å². The van der Waals surface area contributed by atoms with Crippen molar-refractivity contribution in [2.24, 2.45) is 22.7 Å². The van der Waals surface area contributed by atoms with Gasteiger partial charge in [-0.05, 0) is 67.8 Å². The van der Waals surface area contributed by atoms with E-state index in [0.717, 1.165) is 25.7 Å². The summed E-state index contributed by atoms with van der Waals surface area (Å²) in [5.41, 5.74) is 2.04. The van der Waals surface area contributed by atoms with E-state index in [9.17, 15) is 18.0 Å². The Morgan fingerprint density at radius 1 is 1.20 bits per heavy atom. The van der Waals surface area contributed by atoms with Crippen LogP contribution >= 0.6 is 0 Å². The molecule has 30 heavy (non-hydrogen) atoms. The number of rotatable bonds is 6. The molecule has 0 amide bonds. The molecular formula is C23H33NO5S. The third-order valence-electron chi connectivity index (χ3n) is 7.98. The molecule has 0 aliphatic heterocycles. The average molecular weight is 436 g/mol. The van der Waals surface area contributed by atoms with Gasteiger partial charge in [-0.2, -0.15) is 8.42 Å². The fourth-order valence-corrected chi connectivity index (χ4v) is 6.22. The number of carbonyl (C=O) groups is 2. The summed E-state index contributed by atoms with van der Waals surface area (Å²) in [5.74, 6) is -0.190. The maximum atomic E-state index is 13.1. The first-order valence-electron chi connectivity index (χ1n) is 10.7. The van der Waals surface area contributed by atoms with E-state index in [2.05, 4.69) is 39.1 Å². The van der Waals surface area contributed by atoms with Gasteiger partial charge in [-0.15, -0.1) is 0 Å². The number of nitrogens with one attached hydrogen (secondary N) is 1. The van der Waals surface area contributed by atoms with Crippen molar-refractivity contribution in [3.63, 3.8) is 0 Å². The van der Waals surface area contributed by atoms with Gasteiger partial charge in [-0.25, -0.2) is 0 Å². The van der Waals surface area contributed by atoms with Crippen LogP contribution in [0.15, 0.2) is 35.1 Å². The third-order valence-corrected chi connectivity index (χ3v) is 8.70. The summed E-state index contributed by atoms with van der Waals surface area (Å²) in [4.78, 5) is 25.4. The Balaban J connectivity index is 1.82. The highest BCUT2D eigenvalue weighted by molar-refractivity contribution is 7.85. The smallest absolute Gasteiger partial charge is 0.266 e. The minimum absolute atomic E-state index is 0.107. The van der Waals surface area contributed by atoms with Crippen LogP contribution in [0.5, 0.6) is 0 Å². The van der Waals surface area contributed by atoms with Crippen LogP contribution in [0.1, 0.15) is 59.8 Å². The van der Waals surface area contributed by atoms with Crippen LogP contribution in [0.2, 0.25) is 0 Å². The van der Waals surface area contributed by atoms with E-state index in [-0.39, 0.29) is 34.6 Å². The zero-order valence-electron chi connectivity index (χ0n) is 18.3. The lowest BCUT2D eigenvalue weighted by molar-refractivity contribution is -0.116. The van der Waals surface area contributed by atoms with Crippen molar-refractivity contribution in [3.05, 3.63) is 35.1 Å². The van der Waals surface area contributed by atoms with Crippen LogP contribution in [-0.4, -0.2) is 36.8 Å². The van der Waals surface area contributed by atoms with Gasteiger partial charge in [0.25, 0.3) is 10.1 Å². The number of Topliss-reactive ketones (excluding diaryl/α,β-unsaturated/α-hetero) is 1. The minimum atomic E-state index is -4.14. The number of ketones is 2. The Bertz CT molecular complexity index is 945. The van der Waals surface area contributed by atoms with Crippen LogP contribution in [0.4, 0.5) is 0 Å². The largest absolute Gasteiger partial charge is 0.381 e. The Kier molecular flexibility index (Phi) is 6.18. The predicted octanol–water partition coefficient (Wildman–Crippen LogP) is 3.61. The molecule has 1 saturated carbocycles. The minimum Gasteiger partial charge on any atom is -0.381 e. The second kappa shape index (κ2) is 8.08. The fraction of sp³-hybridized carbons (Fsp3) is 0.652. The second-order valence-electron chi connectivity index (χ2n) is 9.73. The molecule has 3 aliphatic rings. The van der Waals surface area contributed by atoms with Crippen LogP contribution < -0.4 is 5.32 Å². The molecule has 0 radical (unpaired) electrons. The molecule has 0 aromatic heterocycles. The summed E-state index contributed by atoms with van der Waals surface area (Å²) < 4.78 is 30.8. The SMILES string of the molecule is CC1=CCCC2C1(C)CCC(C)C2(C)CC1=CC(=O)C=C(NCCS(=O)(=O)O)C1=O. The van der Waals surface area contributed by atoms with E-state index in [1.54, 1.807) is 0 Å². The van der Waals surface area contributed by atoms with E-state index < -0.39 is 15.9 Å². The highest BCUT2D eigenvalue weighted by Crippen LogP contribution is 2.62. The number of fused-ring (bicyclic) bond motifs is 1. The topological polar surface area (TPSA) is 101 Å². The van der Waals surface area contributed by atoms with Crippen molar-refractivity contribution in [1.82, 2.24) is 5.32 Å². The van der Waals surface area contributed by atoms with Gasteiger partial charge in [0.1, 0.15) is 0 Å². The van der Waals surface area contributed by atoms with Gasteiger partial charge in [-0.3, -0.25) is 14.1 Å². The Morgan fingerprint density at radius 2 is 1.90 bits per heavy atom. The lowest BCUT2D eigenvalue weighted by atomic mass is 9.46. The second-order valence-corrected chi connectivity index (χ2v) is 11.3. The number of hydrogen-bond donors (Lipinski definition) is 2. The van der Waals surface area contributed by atoms with Crippen molar-refractivity contribution in [2.45, 2.75) is 59.8 Å². The molecule has 2 N–H and O–H groups in total. The van der Waals surface area contributed by atoms with Gasteiger partial charge < -0.3 is 5.32 Å². The molecule has 7 heteroatoms. The van der Waals surface area contributed by atoms with E-state index in [1.165, 1.54) is 17.7 Å². The summed E-state index contributed by atoms with van der Waals surface area (Å²) in [6, 6.07) is 0. The van der Waals surface area contributed by atoms with E-state index >= 15 is 0 Å². The molecule has 0 aromatic rings. The first kappa shape index (κ1) is 22.9. The lowest BCUT2D eigenvalue weighted by Crippen LogP contribution is -2.50. The summed E-state index contributed by atoms with van der Waals surface area (Å²) in [5, 5.41) is 2.72. The van der Waals surface area contributed by atoms with Gasteiger partial charge in [0.15, 0.2) is 5.78 Å². The fourth-order valence-electron chi connectivity index (χ4n) is 5.86. The Hall–Kier alpha value is -1.73. The molecule has 1 fully saturated rings. The summed E-state index contributed by atoms with van der Waals surface area (Å²) >= 11 is 0. The number of allylic oxidation sites excluding steroid dienone is 5. The van der Waals surface area contributed by atoms with Gasteiger partial charge in [0, 0.05) is 18.2 Å².